The molecule has 13 heteroatoms. The lowest BCUT2D eigenvalue weighted by molar-refractivity contribution is -0.147. The number of methoxy groups -OCH3 is 1. The Balaban J connectivity index is 0.000000416. The van der Waals surface area contributed by atoms with Crippen LogP contribution in [0.15, 0.2) is 18.3 Å². The van der Waals surface area contributed by atoms with Gasteiger partial charge in [0.1, 0.15) is 29.0 Å². The number of halogens is 6. The molecule has 1 aliphatic heterocycles. The van der Waals surface area contributed by atoms with Gasteiger partial charge in [0.05, 0.1) is 19.2 Å². The first kappa shape index (κ1) is 23.6. The van der Waals surface area contributed by atoms with E-state index in [0.717, 1.165) is 24.2 Å². The molecule has 0 aromatic carbocycles. The average molecular weight is 462 g/mol. The Morgan fingerprint density at radius 2 is 1.97 bits per heavy atom. The van der Waals surface area contributed by atoms with Gasteiger partial charge in [-0.25, -0.2) is 27.7 Å². The van der Waals surface area contributed by atoms with Gasteiger partial charge in [0.2, 0.25) is 0 Å². The zero-order valence-corrected chi connectivity index (χ0v) is 17.1. The van der Waals surface area contributed by atoms with Crippen LogP contribution >= 0.6 is 0 Å². The van der Waals surface area contributed by atoms with Crippen molar-refractivity contribution in [2.24, 2.45) is 0 Å². The van der Waals surface area contributed by atoms with E-state index in [2.05, 4.69) is 20.4 Å². The summed E-state index contributed by atoms with van der Waals surface area (Å²) in [5.74, 6) is -4.74. The van der Waals surface area contributed by atoms with E-state index in [1.54, 1.807) is 0 Å². The molecule has 0 aliphatic carbocycles. The molecule has 7 nitrogen and oxygen atoms in total. The summed E-state index contributed by atoms with van der Waals surface area (Å²) in [5.41, 5.74) is 4.56. The normalized spacial score (nSPS) is 17.2. The maximum Gasteiger partial charge on any atom is 0.397 e. The predicted octanol–water partition coefficient (Wildman–Crippen LogP) is 3.64. The summed E-state index contributed by atoms with van der Waals surface area (Å²) < 4.78 is 84.5. The lowest BCUT2D eigenvalue weighted by Crippen LogP contribution is -2.20. The summed E-state index contributed by atoms with van der Waals surface area (Å²) >= 11 is 0. The molecule has 1 aliphatic rings. The fourth-order valence-electron chi connectivity index (χ4n) is 2.97. The summed E-state index contributed by atoms with van der Waals surface area (Å²) in [6.45, 7) is 2.35. The second-order valence-corrected chi connectivity index (χ2v) is 7.05. The van der Waals surface area contributed by atoms with E-state index in [0.29, 0.717) is 19.0 Å². The third-order valence-corrected chi connectivity index (χ3v) is 4.81. The fourth-order valence-corrected chi connectivity index (χ4v) is 2.97. The number of alkyl halides is 4. The lowest BCUT2D eigenvalue weighted by Gasteiger charge is -2.18. The number of hydrogen-bond donors (Lipinski definition) is 2. The van der Waals surface area contributed by atoms with Crippen molar-refractivity contribution >= 4 is 11.5 Å². The number of rotatable bonds is 3. The largest absolute Gasteiger partial charge is 0.495 e. The molecule has 0 spiro atoms. The van der Waals surface area contributed by atoms with Crippen LogP contribution in [-0.4, -0.2) is 52.1 Å². The topological polar surface area (TPSA) is 90.4 Å². The van der Waals surface area contributed by atoms with Crippen molar-refractivity contribution in [3.05, 3.63) is 35.7 Å². The highest BCUT2D eigenvalue weighted by Gasteiger charge is 2.40. The smallest absolute Gasteiger partial charge is 0.397 e. The molecule has 4 rings (SSSR count). The Hall–Kier alpha value is -3.09. The van der Waals surface area contributed by atoms with Crippen molar-refractivity contribution in [1.29, 1.82) is 0 Å². The zero-order valence-electron chi connectivity index (χ0n) is 17.1. The van der Waals surface area contributed by atoms with Crippen molar-refractivity contribution in [2.75, 3.05) is 25.9 Å². The highest BCUT2D eigenvalue weighted by molar-refractivity contribution is 5.62. The molecule has 174 valence electrons. The van der Waals surface area contributed by atoms with Crippen molar-refractivity contribution in [3.63, 3.8) is 0 Å². The molecule has 0 saturated carbocycles. The van der Waals surface area contributed by atoms with Crippen LogP contribution in [0.25, 0.3) is 17.0 Å². The van der Waals surface area contributed by atoms with Crippen molar-refractivity contribution in [2.45, 2.75) is 31.6 Å². The molecule has 0 amide bonds. The number of nitrogens with zero attached hydrogens (tertiary/aromatic N) is 4. The standard InChI is InChI=1S/C15H12F5N5O.C4H8FN/c1-6(15(18,19)20)12-10(26-2)4-11-22-5-9(25(11)24-12)13-7(16)3-8(17)14(21)23-13;5-4-1-2-6-3-4/h3-6H,1-2H3,(H2,21,23);4,6H,1-3H2/t6-;/m1./s1. The predicted molar refractivity (Wildman–Crippen MR) is 104 cm³/mol. The number of nitrogen functional groups attached to an aromatic ring is 1. The minimum atomic E-state index is -4.57. The molecule has 1 fully saturated rings. The quantitative estimate of drug-likeness (QED) is 0.578. The molecule has 32 heavy (non-hydrogen) atoms. The van der Waals surface area contributed by atoms with E-state index in [1.165, 1.54) is 13.2 Å². The molecule has 0 bridgehead atoms. The molecule has 3 aromatic rings. The van der Waals surface area contributed by atoms with Gasteiger partial charge in [-0.1, -0.05) is 0 Å². The molecule has 2 atom stereocenters. The molecule has 4 heterocycles. The molecule has 0 radical (unpaired) electrons. The van der Waals surface area contributed by atoms with Gasteiger partial charge in [0, 0.05) is 18.7 Å². The molecular formula is C19H20F6N6O. The van der Waals surface area contributed by atoms with E-state index < -0.39 is 41.4 Å². The molecular weight excluding hydrogens is 442 g/mol. The zero-order chi connectivity index (χ0) is 23.6. The second-order valence-electron chi connectivity index (χ2n) is 7.05. The second kappa shape index (κ2) is 9.18. The van der Waals surface area contributed by atoms with Gasteiger partial charge in [0.25, 0.3) is 0 Å². The Labute approximate surface area is 178 Å². The minimum Gasteiger partial charge on any atom is -0.495 e. The number of anilines is 1. The average Bonchev–Trinajstić information content (AvgIpc) is 3.37. The Bertz CT molecular complexity index is 1100. The lowest BCUT2D eigenvalue weighted by atomic mass is 10.1. The van der Waals surface area contributed by atoms with Crippen LogP contribution in [0, 0.1) is 11.6 Å². The van der Waals surface area contributed by atoms with E-state index in [-0.39, 0.29) is 22.8 Å². The summed E-state index contributed by atoms with van der Waals surface area (Å²) in [6.07, 6.45) is -3.28. The van der Waals surface area contributed by atoms with Crippen LogP contribution in [0.3, 0.4) is 0 Å². The third-order valence-electron chi connectivity index (χ3n) is 4.81. The molecule has 3 N–H and O–H groups in total. The van der Waals surface area contributed by atoms with Crippen LogP contribution in [0.4, 0.5) is 32.2 Å². The minimum absolute atomic E-state index is 0.0810. The van der Waals surface area contributed by atoms with Crippen molar-refractivity contribution in [3.8, 4) is 17.1 Å². The van der Waals surface area contributed by atoms with E-state index >= 15 is 0 Å². The van der Waals surface area contributed by atoms with Gasteiger partial charge in [0.15, 0.2) is 23.1 Å². The van der Waals surface area contributed by atoms with Crippen molar-refractivity contribution < 1.29 is 31.1 Å². The number of nitrogens with one attached hydrogen (secondary N) is 1. The molecule has 1 unspecified atom stereocenters. The summed E-state index contributed by atoms with van der Waals surface area (Å²) in [7, 11) is 1.20. The highest BCUT2D eigenvalue weighted by atomic mass is 19.4. The summed E-state index contributed by atoms with van der Waals surface area (Å²) in [4.78, 5) is 7.56. The maximum absolute atomic E-state index is 14.1. The third kappa shape index (κ3) is 4.87. The Morgan fingerprint density at radius 1 is 1.25 bits per heavy atom. The molecule has 1 saturated heterocycles. The number of imidazole rings is 1. The van der Waals surface area contributed by atoms with Gasteiger partial charge in [-0.2, -0.15) is 18.3 Å². The number of fused-ring (bicyclic) bond motifs is 1. The van der Waals surface area contributed by atoms with Gasteiger partial charge in [-0.3, -0.25) is 0 Å². The summed E-state index contributed by atoms with van der Waals surface area (Å²) in [5, 5.41) is 6.81. The summed E-state index contributed by atoms with van der Waals surface area (Å²) in [6, 6.07) is 1.76. The van der Waals surface area contributed by atoms with Gasteiger partial charge < -0.3 is 15.8 Å². The van der Waals surface area contributed by atoms with Crippen LogP contribution in [0.5, 0.6) is 5.75 Å². The first-order valence-electron chi connectivity index (χ1n) is 9.49. The number of ether oxygens (including phenoxy) is 1. The van der Waals surface area contributed by atoms with Crippen LogP contribution in [0.1, 0.15) is 25.0 Å². The van der Waals surface area contributed by atoms with E-state index in [9.17, 15) is 26.3 Å². The number of aromatic nitrogens is 4. The van der Waals surface area contributed by atoms with Gasteiger partial charge in [-0.15, -0.1) is 0 Å². The monoisotopic (exact) mass is 462 g/mol. The van der Waals surface area contributed by atoms with Crippen LogP contribution < -0.4 is 15.8 Å². The maximum atomic E-state index is 14.1. The number of pyridine rings is 1. The first-order valence-corrected chi connectivity index (χ1v) is 9.49. The van der Waals surface area contributed by atoms with Crippen LogP contribution in [0.2, 0.25) is 0 Å². The van der Waals surface area contributed by atoms with Crippen LogP contribution in [-0.2, 0) is 0 Å². The van der Waals surface area contributed by atoms with E-state index in [4.69, 9.17) is 10.5 Å². The highest BCUT2D eigenvalue weighted by Crippen LogP contribution is 2.38. The van der Waals surface area contributed by atoms with Crippen molar-refractivity contribution in [1.82, 2.24) is 24.9 Å². The number of hydrogen-bond acceptors (Lipinski definition) is 6. The fraction of sp³-hybridized carbons (Fsp3) is 0.421. The first-order chi connectivity index (χ1) is 15.0. The molecule has 3 aromatic heterocycles. The SMILES string of the molecule is COc1cc2ncc(-c3nc(N)c(F)cc3F)n2nc1[C@@H](C)C(F)(F)F.FC1CCNC1. The van der Waals surface area contributed by atoms with E-state index in [1.807, 2.05) is 0 Å². The number of nitrogens with two attached hydrogens (primary N) is 1. The Kier molecular flexibility index (Phi) is 6.77. The Morgan fingerprint density at radius 3 is 2.50 bits per heavy atom. The van der Waals surface area contributed by atoms with Gasteiger partial charge >= 0.3 is 6.18 Å². The van der Waals surface area contributed by atoms with Gasteiger partial charge in [-0.05, 0) is 19.9 Å².